The molecule has 0 radical (unpaired) electrons. The van der Waals surface area contributed by atoms with Crippen LogP contribution in [0.2, 0.25) is 0 Å². The van der Waals surface area contributed by atoms with Gasteiger partial charge in [0.15, 0.2) is 5.69 Å². The Morgan fingerprint density at radius 2 is 2.19 bits per heavy atom. The fourth-order valence-electron chi connectivity index (χ4n) is 2.51. The molecule has 1 amide bonds. The molecule has 0 unspecified atom stereocenters. The lowest BCUT2D eigenvalue weighted by Crippen LogP contribution is -2.12. The van der Waals surface area contributed by atoms with Crippen molar-refractivity contribution < 1.29 is 9.32 Å². The molecule has 0 aliphatic heterocycles. The molecular weight excluding hydrogens is 266 g/mol. The van der Waals surface area contributed by atoms with Crippen molar-refractivity contribution in [2.45, 2.75) is 25.7 Å². The summed E-state index contributed by atoms with van der Waals surface area (Å²) in [6.07, 6.45) is 2.25. The predicted octanol–water partition coefficient (Wildman–Crippen LogP) is 3.59. The van der Waals surface area contributed by atoms with Crippen LogP contribution >= 0.6 is 0 Å². The molecule has 1 saturated carbocycles. The molecule has 4 rings (SSSR count). The number of hydrogen-bond donors (Lipinski definition) is 2. The number of nitrogens with zero attached hydrogens (tertiary/aromatic N) is 1. The minimum absolute atomic E-state index is 0.239. The first kappa shape index (κ1) is 12.2. The zero-order valence-electron chi connectivity index (χ0n) is 11.6. The number of benzene rings is 1. The van der Waals surface area contributed by atoms with Gasteiger partial charge in [-0.05, 0) is 44.0 Å². The van der Waals surface area contributed by atoms with Gasteiger partial charge in [0.05, 0.1) is 0 Å². The number of amides is 1. The van der Waals surface area contributed by atoms with E-state index in [2.05, 4.69) is 15.5 Å². The van der Waals surface area contributed by atoms with Gasteiger partial charge >= 0.3 is 0 Å². The summed E-state index contributed by atoms with van der Waals surface area (Å²) >= 11 is 0. The van der Waals surface area contributed by atoms with Gasteiger partial charge in [-0.25, -0.2) is 0 Å². The van der Waals surface area contributed by atoms with E-state index < -0.39 is 0 Å². The van der Waals surface area contributed by atoms with Gasteiger partial charge in [-0.3, -0.25) is 4.79 Å². The third-order valence-corrected chi connectivity index (χ3v) is 3.75. The summed E-state index contributed by atoms with van der Waals surface area (Å²) in [4.78, 5) is 15.4. The monoisotopic (exact) mass is 281 g/mol. The molecule has 1 aromatic carbocycles. The van der Waals surface area contributed by atoms with Gasteiger partial charge in [-0.2, -0.15) is 0 Å². The highest BCUT2D eigenvalue weighted by Gasteiger charge is 2.28. The van der Waals surface area contributed by atoms with E-state index in [1.165, 1.54) is 0 Å². The van der Waals surface area contributed by atoms with E-state index in [9.17, 15) is 4.79 Å². The first-order valence-corrected chi connectivity index (χ1v) is 7.06. The Morgan fingerprint density at radius 1 is 1.33 bits per heavy atom. The first-order chi connectivity index (χ1) is 10.2. The van der Waals surface area contributed by atoms with Gasteiger partial charge in [-0.1, -0.05) is 5.16 Å². The van der Waals surface area contributed by atoms with E-state index in [1.807, 2.05) is 31.2 Å². The van der Waals surface area contributed by atoms with Crippen LogP contribution in [0.5, 0.6) is 0 Å². The molecule has 106 valence electrons. The lowest BCUT2D eigenvalue weighted by Gasteiger charge is -2.02. The van der Waals surface area contributed by atoms with Crippen LogP contribution in [0.3, 0.4) is 0 Å². The standard InChI is InChI=1S/C16H15N3O2/c1-9-6-11-7-12(4-5-13(11)17-9)18-16(20)14-8-15(21-19-14)10-2-3-10/h4-8,10,17H,2-3H2,1H3,(H,18,20). The van der Waals surface area contributed by atoms with Crippen LogP contribution in [0.4, 0.5) is 5.69 Å². The quantitative estimate of drug-likeness (QED) is 0.770. The molecule has 2 heterocycles. The molecule has 5 nitrogen and oxygen atoms in total. The topological polar surface area (TPSA) is 70.9 Å². The van der Waals surface area contributed by atoms with Crippen LogP contribution < -0.4 is 5.32 Å². The van der Waals surface area contributed by atoms with Crippen molar-refractivity contribution in [3.05, 3.63) is 47.5 Å². The summed E-state index contributed by atoms with van der Waals surface area (Å²) in [6.45, 7) is 2.01. The number of nitrogens with one attached hydrogen (secondary N) is 2. The number of H-pyrrole nitrogens is 1. The Balaban J connectivity index is 1.55. The van der Waals surface area contributed by atoms with Crippen molar-refractivity contribution in [2.24, 2.45) is 0 Å². The molecule has 0 bridgehead atoms. The summed E-state index contributed by atoms with van der Waals surface area (Å²) in [5, 5.41) is 7.78. The molecule has 5 heteroatoms. The molecule has 3 aromatic rings. The maximum absolute atomic E-state index is 12.2. The zero-order valence-corrected chi connectivity index (χ0v) is 11.6. The van der Waals surface area contributed by atoms with E-state index in [0.29, 0.717) is 11.6 Å². The maximum Gasteiger partial charge on any atom is 0.277 e. The second-order valence-corrected chi connectivity index (χ2v) is 5.60. The van der Waals surface area contributed by atoms with Gasteiger partial charge in [0.2, 0.25) is 0 Å². The van der Waals surface area contributed by atoms with Crippen molar-refractivity contribution >= 4 is 22.5 Å². The molecule has 2 aromatic heterocycles. The third kappa shape index (κ3) is 2.31. The van der Waals surface area contributed by atoms with E-state index in [-0.39, 0.29) is 5.91 Å². The maximum atomic E-state index is 12.2. The molecular formula is C16H15N3O2. The second-order valence-electron chi connectivity index (χ2n) is 5.60. The van der Waals surface area contributed by atoms with E-state index in [1.54, 1.807) is 6.07 Å². The van der Waals surface area contributed by atoms with Crippen molar-refractivity contribution in [3.8, 4) is 0 Å². The summed E-state index contributed by atoms with van der Waals surface area (Å²) in [5.74, 6) is 1.03. The van der Waals surface area contributed by atoms with Crippen molar-refractivity contribution in [1.82, 2.24) is 10.1 Å². The minimum Gasteiger partial charge on any atom is -0.360 e. The predicted molar refractivity (Wildman–Crippen MR) is 79.5 cm³/mol. The minimum atomic E-state index is -0.239. The Labute approximate surface area is 121 Å². The normalized spacial score (nSPS) is 14.5. The Kier molecular flexibility index (Phi) is 2.60. The smallest absolute Gasteiger partial charge is 0.277 e. The highest BCUT2D eigenvalue weighted by molar-refractivity contribution is 6.03. The van der Waals surface area contributed by atoms with Crippen molar-refractivity contribution in [1.29, 1.82) is 0 Å². The van der Waals surface area contributed by atoms with E-state index >= 15 is 0 Å². The van der Waals surface area contributed by atoms with Crippen LogP contribution in [0.15, 0.2) is 34.9 Å². The molecule has 0 spiro atoms. The summed E-state index contributed by atoms with van der Waals surface area (Å²) in [5.41, 5.74) is 3.24. The molecule has 1 aliphatic carbocycles. The molecule has 0 saturated heterocycles. The third-order valence-electron chi connectivity index (χ3n) is 3.75. The average Bonchev–Trinajstić information content (AvgIpc) is 3.06. The molecule has 1 fully saturated rings. The van der Waals surface area contributed by atoms with Crippen LogP contribution in [-0.2, 0) is 0 Å². The van der Waals surface area contributed by atoms with Gasteiger partial charge in [-0.15, -0.1) is 0 Å². The molecule has 2 N–H and O–H groups in total. The van der Waals surface area contributed by atoms with Crippen LogP contribution in [-0.4, -0.2) is 16.0 Å². The van der Waals surface area contributed by atoms with Gasteiger partial charge < -0.3 is 14.8 Å². The summed E-state index contributed by atoms with van der Waals surface area (Å²) in [6, 6.07) is 9.56. The van der Waals surface area contributed by atoms with E-state index in [0.717, 1.165) is 40.9 Å². The number of aromatic nitrogens is 2. The number of carbonyl (C=O) groups is 1. The van der Waals surface area contributed by atoms with Gasteiger partial charge in [0, 0.05) is 34.3 Å². The van der Waals surface area contributed by atoms with Crippen LogP contribution in [0.25, 0.3) is 10.9 Å². The fourth-order valence-corrected chi connectivity index (χ4v) is 2.51. The van der Waals surface area contributed by atoms with E-state index in [4.69, 9.17) is 4.52 Å². The number of hydrogen-bond acceptors (Lipinski definition) is 3. The van der Waals surface area contributed by atoms with Gasteiger partial charge in [0.1, 0.15) is 5.76 Å². The Morgan fingerprint density at radius 3 is 3.00 bits per heavy atom. The van der Waals surface area contributed by atoms with Crippen molar-refractivity contribution in [3.63, 3.8) is 0 Å². The average molecular weight is 281 g/mol. The SMILES string of the molecule is Cc1cc2cc(NC(=O)c3cc(C4CC4)on3)ccc2[nH]1. The largest absolute Gasteiger partial charge is 0.360 e. The summed E-state index contributed by atoms with van der Waals surface area (Å²) in [7, 11) is 0. The Hall–Kier alpha value is -2.56. The second kappa shape index (κ2) is 4.48. The lowest BCUT2D eigenvalue weighted by atomic mass is 10.2. The highest BCUT2D eigenvalue weighted by atomic mass is 16.5. The first-order valence-electron chi connectivity index (χ1n) is 7.06. The number of anilines is 1. The number of aryl methyl sites for hydroxylation is 1. The number of fused-ring (bicyclic) bond motifs is 1. The highest BCUT2D eigenvalue weighted by Crippen LogP contribution is 2.40. The lowest BCUT2D eigenvalue weighted by molar-refractivity contribution is 0.101. The molecule has 1 aliphatic rings. The molecule has 0 atom stereocenters. The zero-order chi connectivity index (χ0) is 14.4. The molecule has 21 heavy (non-hydrogen) atoms. The number of carbonyl (C=O) groups excluding carboxylic acids is 1. The van der Waals surface area contributed by atoms with Crippen molar-refractivity contribution in [2.75, 3.05) is 5.32 Å². The Bertz CT molecular complexity index is 827. The van der Waals surface area contributed by atoms with Crippen LogP contribution in [0, 0.1) is 6.92 Å². The van der Waals surface area contributed by atoms with Gasteiger partial charge in [0.25, 0.3) is 5.91 Å². The number of rotatable bonds is 3. The summed E-state index contributed by atoms with van der Waals surface area (Å²) < 4.78 is 5.21. The number of aromatic amines is 1. The van der Waals surface area contributed by atoms with Crippen LogP contribution in [0.1, 0.15) is 40.7 Å². The fraction of sp³-hybridized carbons (Fsp3) is 0.250.